The number of aromatic amines is 1. The van der Waals surface area contributed by atoms with E-state index in [0.717, 1.165) is 46.7 Å². The summed E-state index contributed by atoms with van der Waals surface area (Å²) in [6.45, 7) is 2.62. The summed E-state index contributed by atoms with van der Waals surface area (Å²) in [5.41, 5.74) is 4.14. The van der Waals surface area contributed by atoms with Gasteiger partial charge in [0.2, 0.25) is 0 Å². The Balaban J connectivity index is 1.45. The molecule has 0 spiro atoms. The van der Waals surface area contributed by atoms with Gasteiger partial charge in [-0.3, -0.25) is 4.79 Å². The van der Waals surface area contributed by atoms with Gasteiger partial charge in [-0.25, -0.2) is 15.0 Å². The maximum atomic E-state index is 13.4. The van der Waals surface area contributed by atoms with Gasteiger partial charge < -0.3 is 14.6 Å². The summed E-state index contributed by atoms with van der Waals surface area (Å²) < 4.78 is 5.32. The van der Waals surface area contributed by atoms with Crippen molar-refractivity contribution >= 4 is 16.9 Å². The minimum Gasteiger partial charge on any atom is -0.497 e. The summed E-state index contributed by atoms with van der Waals surface area (Å²) in [5, 5.41) is 0. The molecular weight excluding hydrogens is 390 g/mol. The van der Waals surface area contributed by atoms with Gasteiger partial charge in [-0.1, -0.05) is 12.1 Å². The molecule has 0 bridgehead atoms. The maximum absolute atomic E-state index is 13.4. The van der Waals surface area contributed by atoms with Gasteiger partial charge in [-0.05, 0) is 56.2 Å². The van der Waals surface area contributed by atoms with Gasteiger partial charge in [0.25, 0.3) is 5.91 Å². The third kappa shape index (κ3) is 3.63. The molecule has 4 aromatic rings. The topological polar surface area (TPSA) is 84.0 Å². The van der Waals surface area contributed by atoms with Gasteiger partial charge in [-0.15, -0.1) is 0 Å². The van der Waals surface area contributed by atoms with Crippen LogP contribution in [0.4, 0.5) is 0 Å². The second kappa shape index (κ2) is 7.83. The summed E-state index contributed by atoms with van der Waals surface area (Å²) in [6, 6.07) is 15.1. The second-order valence-corrected chi connectivity index (χ2v) is 7.75. The average molecular weight is 413 g/mol. The first-order chi connectivity index (χ1) is 15.1. The van der Waals surface area contributed by atoms with Crippen LogP contribution in [0, 0.1) is 6.92 Å². The Labute approximate surface area is 180 Å². The average Bonchev–Trinajstić information content (AvgIpc) is 3.44. The van der Waals surface area contributed by atoms with E-state index in [-0.39, 0.29) is 11.9 Å². The van der Waals surface area contributed by atoms with E-state index in [1.54, 1.807) is 13.3 Å². The van der Waals surface area contributed by atoms with E-state index in [0.29, 0.717) is 17.9 Å². The minimum absolute atomic E-state index is 0.0122. The molecule has 156 valence electrons. The van der Waals surface area contributed by atoms with Crippen molar-refractivity contribution in [3.8, 4) is 17.1 Å². The Morgan fingerprint density at radius 2 is 2.06 bits per heavy atom. The molecule has 3 heterocycles. The van der Waals surface area contributed by atoms with Crippen LogP contribution in [0.25, 0.3) is 22.4 Å². The lowest BCUT2D eigenvalue weighted by molar-refractivity contribution is 0.0733. The normalized spacial score (nSPS) is 16.1. The lowest BCUT2D eigenvalue weighted by Gasteiger charge is -2.24. The third-order valence-corrected chi connectivity index (χ3v) is 5.71. The molecule has 31 heavy (non-hydrogen) atoms. The number of nitrogens with one attached hydrogen (secondary N) is 1. The predicted octanol–water partition coefficient (Wildman–Crippen LogP) is 4.31. The fourth-order valence-corrected chi connectivity index (χ4v) is 4.21. The van der Waals surface area contributed by atoms with Crippen LogP contribution in [0.2, 0.25) is 0 Å². The SMILES string of the molecule is COc1cccc(-c2nccc([C@@H]3CCCN3C(=O)c3ccc4nc(C)[nH]c4c3)n2)c1. The van der Waals surface area contributed by atoms with Gasteiger partial charge in [0, 0.05) is 23.9 Å². The van der Waals surface area contributed by atoms with Crippen LogP contribution < -0.4 is 4.74 Å². The highest BCUT2D eigenvalue weighted by Crippen LogP contribution is 2.33. The first-order valence-corrected chi connectivity index (χ1v) is 10.4. The van der Waals surface area contributed by atoms with Crippen LogP contribution >= 0.6 is 0 Å². The summed E-state index contributed by atoms with van der Waals surface area (Å²) in [6.07, 6.45) is 3.59. The number of H-pyrrole nitrogens is 1. The van der Waals surface area contributed by atoms with E-state index in [9.17, 15) is 4.79 Å². The number of nitrogens with zero attached hydrogens (tertiary/aromatic N) is 4. The summed E-state index contributed by atoms with van der Waals surface area (Å²) in [5.74, 6) is 2.24. The first-order valence-electron chi connectivity index (χ1n) is 10.4. The number of fused-ring (bicyclic) bond motifs is 1. The van der Waals surface area contributed by atoms with Crippen LogP contribution in [-0.2, 0) is 0 Å². The summed E-state index contributed by atoms with van der Waals surface area (Å²) >= 11 is 0. The third-order valence-electron chi connectivity index (χ3n) is 5.71. The van der Waals surface area contributed by atoms with Crippen molar-refractivity contribution in [3.63, 3.8) is 0 Å². The lowest BCUT2D eigenvalue weighted by Crippen LogP contribution is -2.31. The number of hydrogen-bond donors (Lipinski definition) is 1. The monoisotopic (exact) mass is 413 g/mol. The molecule has 7 heteroatoms. The van der Waals surface area contributed by atoms with E-state index in [2.05, 4.69) is 15.0 Å². The molecule has 1 aliphatic rings. The van der Waals surface area contributed by atoms with Crippen molar-refractivity contribution < 1.29 is 9.53 Å². The molecule has 1 N–H and O–H groups in total. The van der Waals surface area contributed by atoms with Crippen molar-refractivity contribution in [2.75, 3.05) is 13.7 Å². The summed E-state index contributed by atoms with van der Waals surface area (Å²) in [4.78, 5) is 32.1. The highest BCUT2D eigenvalue weighted by Gasteiger charge is 2.32. The molecule has 7 nitrogen and oxygen atoms in total. The first kappa shape index (κ1) is 19.2. The number of aromatic nitrogens is 4. The Kier molecular flexibility index (Phi) is 4.86. The zero-order valence-corrected chi connectivity index (χ0v) is 17.5. The van der Waals surface area contributed by atoms with Crippen LogP contribution in [-0.4, -0.2) is 44.4 Å². The number of imidazole rings is 1. The quantitative estimate of drug-likeness (QED) is 0.539. The van der Waals surface area contributed by atoms with Crippen molar-refractivity contribution in [2.24, 2.45) is 0 Å². The smallest absolute Gasteiger partial charge is 0.254 e. The van der Waals surface area contributed by atoms with Crippen molar-refractivity contribution in [3.05, 3.63) is 71.8 Å². The standard InChI is InChI=1S/C24H23N5O2/c1-15-26-19-9-8-17(14-21(19)27-15)24(30)29-12-4-7-22(29)20-10-11-25-23(28-20)16-5-3-6-18(13-16)31-2/h3,5-6,8-11,13-14,22H,4,7,12H2,1-2H3,(H,26,27)/t22-/m0/s1. The van der Waals surface area contributed by atoms with E-state index in [4.69, 9.17) is 9.72 Å². The molecule has 1 amide bonds. The molecule has 0 unspecified atom stereocenters. The number of methoxy groups -OCH3 is 1. The molecule has 0 radical (unpaired) electrons. The highest BCUT2D eigenvalue weighted by atomic mass is 16.5. The fraction of sp³-hybridized carbons (Fsp3) is 0.250. The molecule has 5 rings (SSSR count). The number of aryl methyl sites for hydroxylation is 1. The van der Waals surface area contributed by atoms with Crippen molar-refractivity contribution in [1.29, 1.82) is 0 Å². The van der Waals surface area contributed by atoms with Gasteiger partial charge in [0.05, 0.1) is 29.9 Å². The van der Waals surface area contributed by atoms with Crippen LogP contribution in [0.5, 0.6) is 5.75 Å². The van der Waals surface area contributed by atoms with Crippen molar-refractivity contribution in [2.45, 2.75) is 25.8 Å². The van der Waals surface area contributed by atoms with Gasteiger partial charge in [0.1, 0.15) is 11.6 Å². The number of ether oxygens (including phenoxy) is 1. The number of carbonyl (C=O) groups is 1. The van der Waals surface area contributed by atoms with E-state index < -0.39 is 0 Å². The largest absolute Gasteiger partial charge is 0.497 e. The van der Waals surface area contributed by atoms with Crippen molar-refractivity contribution in [1.82, 2.24) is 24.8 Å². The van der Waals surface area contributed by atoms with Gasteiger partial charge in [0.15, 0.2) is 5.82 Å². The molecule has 1 fully saturated rings. The molecular formula is C24H23N5O2. The van der Waals surface area contributed by atoms with Crippen LogP contribution in [0.1, 0.15) is 40.8 Å². The lowest BCUT2D eigenvalue weighted by atomic mass is 10.1. The number of likely N-dealkylation sites (tertiary alicyclic amines) is 1. The van der Waals surface area contributed by atoms with Gasteiger partial charge >= 0.3 is 0 Å². The zero-order chi connectivity index (χ0) is 21.4. The minimum atomic E-state index is -0.0703. The second-order valence-electron chi connectivity index (χ2n) is 7.75. The maximum Gasteiger partial charge on any atom is 0.254 e. The Bertz CT molecular complexity index is 1270. The van der Waals surface area contributed by atoms with E-state index in [1.807, 2.05) is 60.4 Å². The number of carbonyl (C=O) groups excluding carboxylic acids is 1. The fourth-order valence-electron chi connectivity index (χ4n) is 4.21. The molecule has 0 aliphatic carbocycles. The number of amides is 1. The molecule has 0 saturated carbocycles. The Morgan fingerprint density at radius 1 is 1.16 bits per heavy atom. The van der Waals surface area contributed by atoms with Gasteiger partial charge in [-0.2, -0.15) is 0 Å². The molecule has 1 aliphatic heterocycles. The predicted molar refractivity (Wildman–Crippen MR) is 118 cm³/mol. The molecule has 2 aromatic heterocycles. The van der Waals surface area contributed by atoms with Crippen LogP contribution in [0.15, 0.2) is 54.7 Å². The Morgan fingerprint density at radius 3 is 2.94 bits per heavy atom. The highest BCUT2D eigenvalue weighted by molar-refractivity contribution is 5.97. The zero-order valence-electron chi connectivity index (χ0n) is 17.5. The summed E-state index contributed by atoms with van der Waals surface area (Å²) in [7, 11) is 1.64. The molecule has 1 atom stereocenters. The number of hydrogen-bond acceptors (Lipinski definition) is 5. The molecule has 1 saturated heterocycles. The van der Waals surface area contributed by atoms with Crippen LogP contribution in [0.3, 0.4) is 0 Å². The number of rotatable bonds is 4. The van der Waals surface area contributed by atoms with E-state index in [1.165, 1.54) is 0 Å². The van der Waals surface area contributed by atoms with E-state index >= 15 is 0 Å². The molecule has 2 aromatic carbocycles. The number of benzene rings is 2. The Hall–Kier alpha value is -3.74.